The summed E-state index contributed by atoms with van der Waals surface area (Å²) in [4.78, 5) is 12.4. The van der Waals surface area contributed by atoms with Crippen LogP contribution in [0.3, 0.4) is 0 Å². The highest BCUT2D eigenvalue weighted by atomic mass is 79.9. The van der Waals surface area contributed by atoms with Crippen LogP contribution in [0, 0.1) is 11.3 Å². The number of anilines is 1. The van der Waals surface area contributed by atoms with Gasteiger partial charge in [0.15, 0.2) is 11.5 Å². The number of methoxy groups -OCH3 is 1. The highest BCUT2D eigenvalue weighted by Gasteiger charge is 2.18. The molecule has 0 aromatic heterocycles. The zero-order chi connectivity index (χ0) is 17.8. The first-order valence-electron chi connectivity index (χ1n) is 7.27. The summed E-state index contributed by atoms with van der Waals surface area (Å²) in [5.74, 6) is 1.15. The van der Waals surface area contributed by atoms with Crippen molar-refractivity contribution in [3.8, 4) is 23.3 Å². The quantitative estimate of drug-likeness (QED) is 0.624. The standard InChI is InChI=1S/C18H13BrN2O4/c1-23-15-5-3-2-4-14(15)21-18(22)12(9-20)6-11-7-13(19)17-16(8-11)24-10-25-17/h2-8H,10H2,1H3,(H,21,22)/b12-6-. The number of nitriles is 1. The van der Waals surface area contributed by atoms with Crippen LogP contribution in [0.2, 0.25) is 0 Å². The number of nitrogens with one attached hydrogen (secondary N) is 1. The number of amides is 1. The summed E-state index contributed by atoms with van der Waals surface area (Å²) in [6, 6.07) is 12.4. The largest absolute Gasteiger partial charge is 0.495 e. The molecule has 1 heterocycles. The number of hydrogen-bond donors (Lipinski definition) is 1. The van der Waals surface area contributed by atoms with E-state index in [1.165, 1.54) is 13.2 Å². The highest BCUT2D eigenvalue weighted by Crippen LogP contribution is 2.40. The second-order valence-electron chi connectivity index (χ2n) is 5.06. The number of nitrogens with zero attached hydrogens (tertiary/aromatic N) is 1. The first-order chi connectivity index (χ1) is 12.1. The Morgan fingerprint density at radius 2 is 2.16 bits per heavy atom. The number of fused-ring (bicyclic) bond motifs is 1. The molecule has 25 heavy (non-hydrogen) atoms. The molecule has 0 saturated heterocycles. The molecule has 1 N–H and O–H groups in total. The van der Waals surface area contributed by atoms with Crippen LogP contribution in [0.15, 0.2) is 46.4 Å². The van der Waals surface area contributed by atoms with Gasteiger partial charge in [0.25, 0.3) is 5.91 Å². The van der Waals surface area contributed by atoms with E-state index >= 15 is 0 Å². The number of halogens is 1. The fraction of sp³-hybridized carbons (Fsp3) is 0.111. The van der Waals surface area contributed by atoms with Gasteiger partial charge in [-0.05, 0) is 51.8 Å². The zero-order valence-corrected chi connectivity index (χ0v) is 14.8. The second-order valence-corrected chi connectivity index (χ2v) is 5.92. The molecule has 0 bridgehead atoms. The van der Waals surface area contributed by atoms with E-state index in [2.05, 4.69) is 21.2 Å². The fourth-order valence-electron chi connectivity index (χ4n) is 2.32. The lowest BCUT2D eigenvalue weighted by Crippen LogP contribution is -2.14. The van der Waals surface area contributed by atoms with Gasteiger partial charge in [-0.25, -0.2) is 0 Å². The van der Waals surface area contributed by atoms with Gasteiger partial charge in [0, 0.05) is 0 Å². The molecule has 0 fully saturated rings. The van der Waals surface area contributed by atoms with Crippen LogP contribution in [0.25, 0.3) is 6.08 Å². The zero-order valence-electron chi connectivity index (χ0n) is 13.2. The molecule has 0 atom stereocenters. The summed E-state index contributed by atoms with van der Waals surface area (Å²) in [5, 5.41) is 12.0. The third-order valence-electron chi connectivity index (χ3n) is 3.48. The molecule has 2 aromatic rings. The molecular formula is C18H13BrN2O4. The van der Waals surface area contributed by atoms with Gasteiger partial charge < -0.3 is 19.5 Å². The van der Waals surface area contributed by atoms with Gasteiger partial charge in [0.1, 0.15) is 17.4 Å². The maximum Gasteiger partial charge on any atom is 0.266 e. The lowest BCUT2D eigenvalue weighted by atomic mass is 10.1. The molecule has 126 valence electrons. The minimum absolute atomic E-state index is 0.0447. The van der Waals surface area contributed by atoms with Gasteiger partial charge >= 0.3 is 0 Å². The first-order valence-corrected chi connectivity index (χ1v) is 8.07. The minimum Gasteiger partial charge on any atom is -0.495 e. The molecule has 7 heteroatoms. The van der Waals surface area contributed by atoms with E-state index in [9.17, 15) is 10.1 Å². The number of carbonyl (C=O) groups excluding carboxylic acids is 1. The van der Waals surface area contributed by atoms with Crippen molar-refractivity contribution in [2.45, 2.75) is 0 Å². The molecular weight excluding hydrogens is 388 g/mol. The summed E-state index contributed by atoms with van der Waals surface area (Å²) < 4.78 is 16.5. The van der Waals surface area contributed by atoms with Gasteiger partial charge in [0.05, 0.1) is 17.3 Å². The molecule has 6 nitrogen and oxygen atoms in total. The number of carbonyl (C=O) groups is 1. The number of ether oxygens (including phenoxy) is 3. The van der Waals surface area contributed by atoms with Crippen molar-refractivity contribution in [2.75, 3.05) is 19.2 Å². The maximum atomic E-state index is 12.4. The topological polar surface area (TPSA) is 80.6 Å². The monoisotopic (exact) mass is 400 g/mol. The predicted octanol–water partition coefficient (Wildman–Crippen LogP) is 3.73. The molecule has 0 aliphatic carbocycles. The number of rotatable bonds is 4. The summed E-state index contributed by atoms with van der Waals surface area (Å²) in [7, 11) is 1.51. The van der Waals surface area contributed by atoms with Gasteiger partial charge in [-0.2, -0.15) is 5.26 Å². The lowest BCUT2D eigenvalue weighted by Gasteiger charge is -2.09. The van der Waals surface area contributed by atoms with Crippen LogP contribution < -0.4 is 19.5 Å². The van der Waals surface area contributed by atoms with Gasteiger partial charge in [-0.1, -0.05) is 12.1 Å². The van der Waals surface area contributed by atoms with Gasteiger partial charge in [0.2, 0.25) is 6.79 Å². The summed E-state index contributed by atoms with van der Waals surface area (Å²) >= 11 is 3.39. The molecule has 0 radical (unpaired) electrons. The van der Waals surface area contributed by atoms with Crippen molar-refractivity contribution < 1.29 is 19.0 Å². The molecule has 1 aliphatic heterocycles. The van der Waals surface area contributed by atoms with Crippen molar-refractivity contribution in [1.29, 1.82) is 5.26 Å². The van der Waals surface area contributed by atoms with E-state index in [0.717, 1.165) is 0 Å². The average molecular weight is 401 g/mol. The van der Waals surface area contributed by atoms with Crippen LogP contribution in [-0.4, -0.2) is 19.8 Å². The Morgan fingerprint density at radius 3 is 2.92 bits per heavy atom. The number of para-hydroxylation sites is 2. The van der Waals surface area contributed by atoms with Crippen LogP contribution in [-0.2, 0) is 4.79 Å². The molecule has 0 spiro atoms. The van der Waals surface area contributed by atoms with Crippen molar-refractivity contribution in [1.82, 2.24) is 0 Å². The highest BCUT2D eigenvalue weighted by molar-refractivity contribution is 9.10. The molecule has 1 amide bonds. The van der Waals surface area contributed by atoms with E-state index in [1.54, 1.807) is 36.4 Å². The summed E-state index contributed by atoms with van der Waals surface area (Å²) in [6.45, 7) is 0.139. The maximum absolute atomic E-state index is 12.4. The van der Waals surface area contributed by atoms with Gasteiger partial charge in [-0.3, -0.25) is 4.79 Å². The SMILES string of the molecule is COc1ccccc1NC(=O)/C(C#N)=C\c1cc(Br)c2c(c1)OCO2. The van der Waals surface area contributed by atoms with Gasteiger partial charge in [-0.15, -0.1) is 0 Å². The van der Waals surface area contributed by atoms with E-state index < -0.39 is 5.91 Å². The second kappa shape index (κ2) is 7.28. The van der Waals surface area contributed by atoms with Crippen LogP contribution in [0.4, 0.5) is 5.69 Å². The Bertz CT molecular complexity index is 902. The predicted molar refractivity (Wildman–Crippen MR) is 95.5 cm³/mol. The third kappa shape index (κ3) is 3.59. The molecule has 0 saturated carbocycles. The third-order valence-corrected chi connectivity index (χ3v) is 4.07. The fourth-order valence-corrected chi connectivity index (χ4v) is 2.90. The van der Waals surface area contributed by atoms with E-state index in [-0.39, 0.29) is 12.4 Å². The van der Waals surface area contributed by atoms with Crippen LogP contribution >= 0.6 is 15.9 Å². The summed E-state index contributed by atoms with van der Waals surface area (Å²) in [5.41, 5.74) is 1.09. The van der Waals surface area contributed by atoms with E-state index in [4.69, 9.17) is 14.2 Å². The molecule has 3 rings (SSSR count). The Morgan fingerprint density at radius 1 is 1.36 bits per heavy atom. The molecule has 1 aliphatic rings. The van der Waals surface area contributed by atoms with E-state index in [0.29, 0.717) is 33.0 Å². The normalized spacial score (nSPS) is 12.4. The lowest BCUT2D eigenvalue weighted by molar-refractivity contribution is -0.112. The Hall–Kier alpha value is -2.98. The van der Waals surface area contributed by atoms with Crippen LogP contribution in [0.1, 0.15) is 5.56 Å². The minimum atomic E-state index is -0.527. The summed E-state index contributed by atoms with van der Waals surface area (Å²) in [6.07, 6.45) is 1.48. The molecule has 2 aromatic carbocycles. The van der Waals surface area contributed by atoms with Crippen molar-refractivity contribution in [3.63, 3.8) is 0 Å². The van der Waals surface area contributed by atoms with Crippen molar-refractivity contribution in [2.24, 2.45) is 0 Å². The van der Waals surface area contributed by atoms with E-state index in [1.807, 2.05) is 6.07 Å². The Labute approximate surface area is 152 Å². The molecule has 0 unspecified atom stereocenters. The number of hydrogen-bond acceptors (Lipinski definition) is 5. The van der Waals surface area contributed by atoms with Crippen LogP contribution in [0.5, 0.6) is 17.2 Å². The van der Waals surface area contributed by atoms with Crippen molar-refractivity contribution >= 4 is 33.6 Å². The average Bonchev–Trinajstić information content (AvgIpc) is 3.09. The Kier molecular flexibility index (Phi) is 4.91. The number of benzene rings is 2. The smallest absolute Gasteiger partial charge is 0.266 e. The Balaban J connectivity index is 1.87. The van der Waals surface area contributed by atoms with Crippen molar-refractivity contribution in [3.05, 3.63) is 52.0 Å². The first kappa shape index (κ1) is 16.9.